The molecule has 1 aliphatic carbocycles. The lowest BCUT2D eigenvalue weighted by molar-refractivity contribution is 0.106. The van der Waals surface area contributed by atoms with E-state index in [-0.39, 0.29) is 0 Å². The Morgan fingerprint density at radius 1 is 1.55 bits per heavy atom. The molecule has 2 rings (SSSR count). The monoisotopic (exact) mass is 175 g/mol. The summed E-state index contributed by atoms with van der Waals surface area (Å²) >= 11 is 1.34. The zero-order chi connectivity index (χ0) is 8.06. The second-order valence-electron chi connectivity index (χ2n) is 2.69. The van der Waals surface area contributed by atoms with Gasteiger partial charge in [-0.05, 0) is 11.4 Å². The van der Waals surface area contributed by atoms with Crippen LogP contribution in [0.5, 0.6) is 0 Å². The lowest BCUT2D eigenvalue weighted by Gasteiger charge is -1.89. The molecule has 60 valence electrons. The summed E-state index contributed by atoms with van der Waals surface area (Å²) in [5.74, 6) is -3.38. The first-order chi connectivity index (χ1) is 5.14. The van der Waals surface area contributed by atoms with Crippen molar-refractivity contribution in [1.82, 2.24) is 0 Å². The van der Waals surface area contributed by atoms with Gasteiger partial charge in [-0.25, -0.2) is 8.78 Å². The highest BCUT2D eigenvalue weighted by Crippen LogP contribution is 2.55. The molecule has 0 aliphatic heterocycles. The van der Waals surface area contributed by atoms with E-state index in [4.69, 9.17) is 5.73 Å². The predicted molar refractivity (Wildman–Crippen MR) is 40.0 cm³/mol. The molecule has 1 aliphatic rings. The van der Waals surface area contributed by atoms with Gasteiger partial charge in [0, 0.05) is 4.88 Å². The third-order valence-corrected chi connectivity index (χ3v) is 2.91. The second-order valence-corrected chi connectivity index (χ2v) is 3.67. The molecule has 2 N–H and O–H groups in total. The van der Waals surface area contributed by atoms with Crippen LogP contribution in [0.4, 0.5) is 8.78 Å². The summed E-state index contributed by atoms with van der Waals surface area (Å²) in [6.45, 7) is 0. The molecule has 1 saturated carbocycles. The van der Waals surface area contributed by atoms with Crippen molar-refractivity contribution in [2.45, 2.75) is 17.9 Å². The molecule has 0 unspecified atom stereocenters. The first-order valence-corrected chi connectivity index (χ1v) is 4.19. The molecule has 2 atom stereocenters. The summed E-state index contributed by atoms with van der Waals surface area (Å²) < 4.78 is 25.3. The standard InChI is InChI=1S/C7H7F2NS/c8-7(9)5(6(7)10)4-2-1-3-11-4/h1-3,5-6H,10H2/t5-,6-/m1/s1. The van der Waals surface area contributed by atoms with Gasteiger partial charge in [-0.1, -0.05) is 6.07 Å². The number of alkyl halides is 2. The summed E-state index contributed by atoms with van der Waals surface area (Å²) in [6, 6.07) is 2.51. The fraction of sp³-hybridized carbons (Fsp3) is 0.429. The third-order valence-electron chi connectivity index (χ3n) is 1.96. The van der Waals surface area contributed by atoms with Crippen LogP contribution in [0.1, 0.15) is 10.8 Å². The normalized spacial score (nSPS) is 33.7. The molecule has 1 heterocycles. The second kappa shape index (κ2) is 2.01. The summed E-state index contributed by atoms with van der Waals surface area (Å²) in [4.78, 5) is 0.697. The van der Waals surface area contributed by atoms with Crippen LogP contribution in [0.15, 0.2) is 17.5 Å². The number of hydrogen-bond donors (Lipinski definition) is 1. The van der Waals surface area contributed by atoms with Gasteiger partial charge in [0.2, 0.25) is 0 Å². The quantitative estimate of drug-likeness (QED) is 0.692. The molecular weight excluding hydrogens is 168 g/mol. The highest BCUT2D eigenvalue weighted by Gasteiger charge is 2.67. The van der Waals surface area contributed by atoms with Crippen molar-refractivity contribution < 1.29 is 8.78 Å². The molecule has 0 amide bonds. The Balaban J connectivity index is 2.23. The van der Waals surface area contributed by atoms with Gasteiger partial charge < -0.3 is 5.73 Å². The van der Waals surface area contributed by atoms with Gasteiger partial charge in [0.15, 0.2) is 0 Å². The molecule has 0 spiro atoms. The molecule has 1 nitrogen and oxygen atoms in total. The van der Waals surface area contributed by atoms with Crippen LogP contribution in [0.2, 0.25) is 0 Å². The molecule has 4 heteroatoms. The zero-order valence-electron chi connectivity index (χ0n) is 5.63. The summed E-state index contributed by atoms with van der Waals surface area (Å²) in [6.07, 6.45) is 0. The molecule has 1 fully saturated rings. The molecule has 0 aromatic carbocycles. The highest BCUT2D eigenvalue weighted by atomic mass is 32.1. The van der Waals surface area contributed by atoms with E-state index in [2.05, 4.69) is 0 Å². The van der Waals surface area contributed by atoms with Crippen LogP contribution in [0.25, 0.3) is 0 Å². The van der Waals surface area contributed by atoms with E-state index in [0.717, 1.165) is 0 Å². The van der Waals surface area contributed by atoms with E-state index < -0.39 is 17.9 Å². The first-order valence-electron chi connectivity index (χ1n) is 3.31. The topological polar surface area (TPSA) is 26.0 Å². The molecule has 0 saturated heterocycles. The van der Waals surface area contributed by atoms with Crippen molar-refractivity contribution in [3.63, 3.8) is 0 Å². The van der Waals surface area contributed by atoms with Crippen LogP contribution < -0.4 is 5.73 Å². The molecule has 11 heavy (non-hydrogen) atoms. The van der Waals surface area contributed by atoms with E-state index in [0.29, 0.717) is 4.88 Å². The highest BCUT2D eigenvalue weighted by molar-refractivity contribution is 7.10. The van der Waals surface area contributed by atoms with Gasteiger partial charge in [0.05, 0.1) is 12.0 Å². The lowest BCUT2D eigenvalue weighted by atomic mass is 10.3. The minimum atomic E-state index is -2.66. The van der Waals surface area contributed by atoms with Crippen LogP contribution in [0.3, 0.4) is 0 Å². The molecule has 0 radical (unpaired) electrons. The number of hydrogen-bond acceptors (Lipinski definition) is 2. The minimum Gasteiger partial charge on any atom is -0.322 e. The van der Waals surface area contributed by atoms with E-state index in [1.54, 1.807) is 17.5 Å². The van der Waals surface area contributed by atoms with E-state index in [1.165, 1.54) is 11.3 Å². The van der Waals surface area contributed by atoms with Crippen molar-refractivity contribution in [3.05, 3.63) is 22.4 Å². The Kier molecular flexibility index (Phi) is 1.32. The maximum absolute atomic E-state index is 12.6. The van der Waals surface area contributed by atoms with Crippen LogP contribution in [0, 0.1) is 0 Å². The van der Waals surface area contributed by atoms with Gasteiger partial charge in [-0.15, -0.1) is 11.3 Å². The van der Waals surface area contributed by atoms with Crippen LogP contribution in [-0.2, 0) is 0 Å². The maximum Gasteiger partial charge on any atom is 0.272 e. The SMILES string of the molecule is N[C@@H]1[C@@H](c2cccs2)C1(F)F. The fourth-order valence-corrected chi connectivity index (χ4v) is 2.11. The van der Waals surface area contributed by atoms with E-state index in [1.807, 2.05) is 0 Å². The van der Waals surface area contributed by atoms with Crippen molar-refractivity contribution in [3.8, 4) is 0 Å². The van der Waals surface area contributed by atoms with Crippen molar-refractivity contribution in [2.24, 2.45) is 5.73 Å². The van der Waals surface area contributed by atoms with Gasteiger partial charge in [0.25, 0.3) is 5.92 Å². The van der Waals surface area contributed by atoms with Crippen LogP contribution >= 0.6 is 11.3 Å². The van der Waals surface area contributed by atoms with Crippen molar-refractivity contribution in [2.75, 3.05) is 0 Å². The average molecular weight is 175 g/mol. The Morgan fingerprint density at radius 2 is 2.18 bits per heavy atom. The smallest absolute Gasteiger partial charge is 0.272 e. The van der Waals surface area contributed by atoms with Crippen LogP contribution in [-0.4, -0.2) is 12.0 Å². The van der Waals surface area contributed by atoms with Crippen molar-refractivity contribution in [1.29, 1.82) is 0 Å². The minimum absolute atomic E-state index is 0.697. The number of nitrogens with two attached hydrogens (primary N) is 1. The zero-order valence-corrected chi connectivity index (χ0v) is 6.44. The predicted octanol–water partition coefficient (Wildman–Crippen LogP) is 1.81. The Morgan fingerprint density at radius 3 is 2.55 bits per heavy atom. The maximum atomic E-state index is 12.6. The Labute approximate surface area is 66.8 Å². The molecular formula is C7H7F2NS. The summed E-state index contributed by atoms with van der Waals surface area (Å²) in [5, 5.41) is 1.79. The first kappa shape index (κ1) is 7.18. The van der Waals surface area contributed by atoms with Gasteiger partial charge in [0.1, 0.15) is 0 Å². The third kappa shape index (κ3) is 0.895. The molecule has 0 bridgehead atoms. The number of rotatable bonds is 1. The summed E-state index contributed by atoms with van der Waals surface area (Å²) in [5.41, 5.74) is 5.19. The lowest BCUT2D eigenvalue weighted by Crippen LogP contribution is -2.08. The molecule has 1 aromatic rings. The average Bonchev–Trinajstić information content (AvgIpc) is 2.40. The van der Waals surface area contributed by atoms with E-state index >= 15 is 0 Å². The van der Waals surface area contributed by atoms with Gasteiger partial charge >= 0.3 is 0 Å². The molecule has 1 aromatic heterocycles. The fourth-order valence-electron chi connectivity index (χ4n) is 1.19. The Hall–Kier alpha value is -0.480. The Bertz CT molecular complexity index is 257. The van der Waals surface area contributed by atoms with E-state index in [9.17, 15) is 8.78 Å². The van der Waals surface area contributed by atoms with Gasteiger partial charge in [-0.3, -0.25) is 0 Å². The number of halogens is 2. The van der Waals surface area contributed by atoms with Crippen molar-refractivity contribution >= 4 is 11.3 Å². The number of thiophene rings is 1. The summed E-state index contributed by atoms with van der Waals surface area (Å²) in [7, 11) is 0. The van der Waals surface area contributed by atoms with Gasteiger partial charge in [-0.2, -0.15) is 0 Å². The largest absolute Gasteiger partial charge is 0.322 e.